The normalized spacial score (nSPS) is 14.9. The maximum atomic E-state index is 11.4. The van der Waals surface area contributed by atoms with Crippen molar-refractivity contribution >= 4 is 23.2 Å². The van der Waals surface area contributed by atoms with Crippen LogP contribution in [0.25, 0.3) is 0 Å². The standard InChI is InChI=1S/C12H21N3O3S/c1-10(2)7-18-8-11(17)13-3-4-14-5-6-15(9-16)12(14)19/h16H,1,3-9H2,2H3,(H,13,17). The van der Waals surface area contributed by atoms with Crippen LogP contribution in [0.3, 0.4) is 0 Å². The highest BCUT2D eigenvalue weighted by Gasteiger charge is 2.23. The van der Waals surface area contributed by atoms with Gasteiger partial charge in [-0.25, -0.2) is 0 Å². The molecular formula is C12H21N3O3S. The SMILES string of the molecule is C=C(C)COCC(=O)NCCN1CCN(CO)C1=S. The number of carbonyl (C=O) groups excluding carboxylic acids is 1. The number of rotatable bonds is 8. The first-order chi connectivity index (χ1) is 9.04. The van der Waals surface area contributed by atoms with Crippen molar-refractivity contribution in [3.63, 3.8) is 0 Å². The quantitative estimate of drug-likeness (QED) is 0.466. The molecule has 0 unspecified atom stereocenters. The summed E-state index contributed by atoms with van der Waals surface area (Å²) in [4.78, 5) is 15.1. The van der Waals surface area contributed by atoms with Gasteiger partial charge in [-0.2, -0.15) is 0 Å². The number of aliphatic hydroxyl groups excluding tert-OH is 1. The first-order valence-corrected chi connectivity index (χ1v) is 6.59. The van der Waals surface area contributed by atoms with Gasteiger partial charge < -0.3 is 25.0 Å². The zero-order chi connectivity index (χ0) is 14.3. The van der Waals surface area contributed by atoms with E-state index in [9.17, 15) is 4.79 Å². The van der Waals surface area contributed by atoms with Gasteiger partial charge in [-0.15, -0.1) is 0 Å². The highest BCUT2D eigenvalue weighted by atomic mass is 32.1. The molecular weight excluding hydrogens is 266 g/mol. The molecule has 1 aliphatic rings. The summed E-state index contributed by atoms with van der Waals surface area (Å²) < 4.78 is 5.14. The van der Waals surface area contributed by atoms with Gasteiger partial charge in [0.25, 0.3) is 0 Å². The molecule has 0 aliphatic carbocycles. The molecule has 0 aromatic rings. The van der Waals surface area contributed by atoms with Crippen molar-refractivity contribution in [2.45, 2.75) is 6.92 Å². The van der Waals surface area contributed by atoms with E-state index in [0.29, 0.717) is 24.8 Å². The highest BCUT2D eigenvalue weighted by molar-refractivity contribution is 7.80. The summed E-state index contributed by atoms with van der Waals surface area (Å²) in [5, 5.41) is 12.4. The van der Waals surface area contributed by atoms with E-state index in [-0.39, 0.29) is 19.2 Å². The van der Waals surface area contributed by atoms with Crippen LogP contribution in [0.15, 0.2) is 12.2 Å². The van der Waals surface area contributed by atoms with Gasteiger partial charge in [0.05, 0.1) is 6.61 Å². The Bertz CT molecular complexity index is 349. The average molecular weight is 287 g/mol. The molecule has 19 heavy (non-hydrogen) atoms. The molecule has 1 heterocycles. The van der Waals surface area contributed by atoms with Crippen LogP contribution < -0.4 is 5.32 Å². The molecule has 108 valence electrons. The Balaban J connectivity index is 2.12. The minimum Gasteiger partial charge on any atom is -0.376 e. The van der Waals surface area contributed by atoms with Crippen LogP contribution in [0.4, 0.5) is 0 Å². The molecule has 1 fully saturated rings. The molecule has 0 bridgehead atoms. The predicted molar refractivity (Wildman–Crippen MR) is 76.6 cm³/mol. The number of carbonyl (C=O) groups is 1. The van der Waals surface area contributed by atoms with E-state index < -0.39 is 0 Å². The molecule has 0 atom stereocenters. The summed E-state index contributed by atoms with van der Waals surface area (Å²) in [6, 6.07) is 0. The maximum absolute atomic E-state index is 11.4. The van der Waals surface area contributed by atoms with Gasteiger partial charge in [0, 0.05) is 26.2 Å². The third-order valence-corrected chi connectivity index (χ3v) is 3.15. The van der Waals surface area contributed by atoms with E-state index in [1.54, 1.807) is 4.90 Å². The first kappa shape index (κ1) is 15.9. The Kier molecular flexibility index (Phi) is 6.75. The number of ether oxygens (including phenoxy) is 1. The van der Waals surface area contributed by atoms with Crippen molar-refractivity contribution < 1.29 is 14.6 Å². The van der Waals surface area contributed by atoms with Crippen molar-refractivity contribution in [2.75, 3.05) is 46.1 Å². The van der Waals surface area contributed by atoms with E-state index in [0.717, 1.165) is 18.7 Å². The second kappa shape index (κ2) is 8.08. The third kappa shape index (κ3) is 5.54. The second-order valence-corrected chi connectivity index (χ2v) is 4.84. The fourth-order valence-electron chi connectivity index (χ4n) is 1.67. The lowest BCUT2D eigenvalue weighted by Gasteiger charge is -2.20. The van der Waals surface area contributed by atoms with E-state index in [4.69, 9.17) is 22.1 Å². The van der Waals surface area contributed by atoms with Gasteiger partial charge in [-0.05, 0) is 19.1 Å². The van der Waals surface area contributed by atoms with Crippen LogP contribution in [0.1, 0.15) is 6.92 Å². The molecule has 6 nitrogen and oxygen atoms in total. The first-order valence-electron chi connectivity index (χ1n) is 6.18. The Hall–Kier alpha value is -1.18. The molecule has 1 aliphatic heterocycles. The Morgan fingerprint density at radius 2 is 2.16 bits per heavy atom. The molecule has 0 spiro atoms. The van der Waals surface area contributed by atoms with Crippen LogP contribution in [0, 0.1) is 0 Å². The van der Waals surface area contributed by atoms with Crippen molar-refractivity contribution in [3.8, 4) is 0 Å². The smallest absolute Gasteiger partial charge is 0.246 e. The highest BCUT2D eigenvalue weighted by Crippen LogP contribution is 2.06. The predicted octanol–water partition coefficient (Wildman–Crippen LogP) is -0.452. The number of amides is 1. The topological polar surface area (TPSA) is 65.0 Å². The zero-order valence-electron chi connectivity index (χ0n) is 11.2. The summed E-state index contributed by atoms with van der Waals surface area (Å²) in [5.74, 6) is -0.148. The van der Waals surface area contributed by atoms with Gasteiger partial charge >= 0.3 is 0 Å². The Labute approximate surface area is 119 Å². The average Bonchev–Trinajstić information content (AvgIpc) is 2.70. The van der Waals surface area contributed by atoms with Crippen LogP contribution in [-0.2, 0) is 9.53 Å². The van der Waals surface area contributed by atoms with Crippen LogP contribution in [-0.4, -0.2) is 72.0 Å². The lowest BCUT2D eigenvalue weighted by Crippen LogP contribution is -2.39. The monoisotopic (exact) mass is 287 g/mol. The van der Waals surface area contributed by atoms with Crippen molar-refractivity contribution in [3.05, 3.63) is 12.2 Å². The molecule has 1 saturated heterocycles. The largest absolute Gasteiger partial charge is 0.376 e. The molecule has 2 N–H and O–H groups in total. The van der Waals surface area contributed by atoms with Crippen LogP contribution >= 0.6 is 12.2 Å². The van der Waals surface area contributed by atoms with Gasteiger partial charge in [0.1, 0.15) is 13.3 Å². The minimum atomic E-state index is -0.148. The lowest BCUT2D eigenvalue weighted by atomic mass is 10.4. The molecule has 7 heteroatoms. The summed E-state index contributed by atoms with van der Waals surface area (Å²) in [6.07, 6.45) is 0. The number of nitrogens with zero attached hydrogens (tertiary/aromatic N) is 2. The fraction of sp³-hybridized carbons (Fsp3) is 0.667. The summed E-state index contributed by atoms with van der Waals surface area (Å²) >= 11 is 5.18. The fourth-order valence-corrected chi connectivity index (χ4v) is 2.00. The van der Waals surface area contributed by atoms with E-state index >= 15 is 0 Å². The number of nitrogens with one attached hydrogen (secondary N) is 1. The third-order valence-electron chi connectivity index (χ3n) is 2.64. The lowest BCUT2D eigenvalue weighted by molar-refractivity contribution is -0.125. The van der Waals surface area contributed by atoms with Gasteiger partial charge in [0.15, 0.2) is 5.11 Å². The number of hydrogen-bond acceptors (Lipinski definition) is 4. The van der Waals surface area contributed by atoms with E-state index in [2.05, 4.69) is 11.9 Å². The zero-order valence-corrected chi connectivity index (χ0v) is 12.0. The Morgan fingerprint density at radius 1 is 1.47 bits per heavy atom. The molecule has 0 aromatic heterocycles. The summed E-state index contributed by atoms with van der Waals surface area (Å²) in [7, 11) is 0. The van der Waals surface area contributed by atoms with Crippen molar-refractivity contribution in [1.29, 1.82) is 0 Å². The van der Waals surface area contributed by atoms with E-state index in [1.807, 2.05) is 11.8 Å². The van der Waals surface area contributed by atoms with Gasteiger partial charge in [-0.3, -0.25) is 4.79 Å². The van der Waals surface area contributed by atoms with Crippen LogP contribution in [0.2, 0.25) is 0 Å². The Morgan fingerprint density at radius 3 is 2.74 bits per heavy atom. The maximum Gasteiger partial charge on any atom is 0.246 e. The molecule has 0 radical (unpaired) electrons. The number of hydrogen-bond donors (Lipinski definition) is 2. The summed E-state index contributed by atoms with van der Waals surface area (Å²) in [5.41, 5.74) is 0.888. The molecule has 0 saturated carbocycles. The molecule has 1 amide bonds. The van der Waals surface area contributed by atoms with Crippen molar-refractivity contribution in [2.24, 2.45) is 0 Å². The molecule has 1 rings (SSSR count). The van der Waals surface area contributed by atoms with Crippen molar-refractivity contribution in [1.82, 2.24) is 15.1 Å². The van der Waals surface area contributed by atoms with Crippen LogP contribution in [0.5, 0.6) is 0 Å². The molecule has 0 aromatic carbocycles. The second-order valence-electron chi connectivity index (χ2n) is 4.47. The van der Waals surface area contributed by atoms with Gasteiger partial charge in [0.2, 0.25) is 5.91 Å². The minimum absolute atomic E-state index is 0.0417. The number of aliphatic hydroxyl groups is 1. The number of thiocarbonyl (C=S) groups is 1. The van der Waals surface area contributed by atoms with E-state index in [1.165, 1.54) is 0 Å². The summed E-state index contributed by atoms with van der Waals surface area (Å²) in [6.45, 7) is 8.57. The van der Waals surface area contributed by atoms with Gasteiger partial charge in [-0.1, -0.05) is 12.2 Å².